The van der Waals surface area contributed by atoms with Crippen molar-refractivity contribution < 1.29 is 19.8 Å². The lowest BCUT2D eigenvalue weighted by Gasteiger charge is -2.11. The highest BCUT2D eigenvalue weighted by molar-refractivity contribution is 6.11. The van der Waals surface area contributed by atoms with Gasteiger partial charge in [-0.3, -0.25) is 9.59 Å². The quantitative estimate of drug-likeness (QED) is 0.854. The summed E-state index contributed by atoms with van der Waals surface area (Å²) in [6, 6.07) is 10.3. The molecule has 2 aromatic rings. The summed E-state index contributed by atoms with van der Waals surface area (Å²) in [5, 5.41) is 19.4. The maximum Gasteiger partial charge on any atom is 0.310 e. The minimum absolute atomic E-state index is 0.153. The van der Waals surface area contributed by atoms with E-state index in [1.54, 1.807) is 18.2 Å². The van der Waals surface area contributed by atoms with Gasteiger partial charge in [0.05, 0.1) is 11.5 Å². The lowest BCUT2D eigenvalue weighted by Crippen LogP contribution is -2.09. The van der Waals surface area contributed by atoms with Gasteiger partial charge in [-0.2, -0.15) is 0 Å². The minimum Gasteiger partial charge on any atom is -0.507 e. The molecule has 0 bridgehead atoms. The molecule has 1 unspecified atom stereocenters. The molecule has 3 rings (SSSR count). The number of rotatable bonds is 3. The van der Waals surface area contributed by atoms with Gasteiger partial charge in [-0.1, -0.05) is 24.3 Å². The number of benzene rings is 2. The van der Waals surface area contributed by atoms with Gasteiger partial charge in [0.1, 0.15) is 5.75 Å². The van der Waals surface area contributed by atoms with Crippen molar-refractivity contribution in [2.75, 3.05) is 0 Å². The molecule has 0 aromatic heterocycles. The van der Waals surface area contributed by atoms with Crippen LogP contribution in [0.5, 0.6) is 5.75 Å². The Morgan fingerprint density at radius 3 is 2.55 bits per heavy atom. The van der Waals surface area contributed by atoms with E-state index in [9.17, 15) is 19.8 Å². The number of aryl methyl sites for hydroxylation is 2. The third-order valence-electron chi connectivity index (χ3n) is 4.27. The number of carboxylic acids is 1. The van der Waals surface area contributed by atoms with Crippen molar-refractivity contribution in [3.63, 3.8) is 0 Å². The summed E-state index contributed by atoms with van der Waals surface area (Å²) in [5.41, 5.74) is 3.08. The van der Waals surface area contributed by atoms with Gasteiger partial charge in [0, 0.05) is 5.56 Å². The van der Waals surface area contributed by atoms with Crippen molar-refractivity contribution in [1.29, 1.82) is 0 Å². The molecule has 0 amide bonds. The van der Waals surface area contributed by atoms with E-state index >= 15 is 0 Å². The van der Waals surface area contributed by atoms with E-state index in [1.165, 1.54) is 6.07 Å². The number of phenolic OH excluding ortho intramolecular Hbond substituents is 1. The molecule has 0 heterocycles. The lowest BCUT2D eigenvalue weighted by molar-refractivity contribution is -0.138. The van der Waals surface area contributed by atoms with Crippen LogP contribution in [-0.2, 0) is 11.2 Å². The topological polar surface area (TPSA) is 74.6 Å². The van der Waals surface area contributed by atoms with Gasteiger partial charge in [-0.15, -0.1) is 0 Å². The molecule has 0 aliphatic heterocycles. The van der Waals surface area contributed by atoms with Crippen LogP contribution in [0.1, 0.15) is 45.0 Å². The first-order valence-corrected chi connectivity index (χ1v) is 7.18. The number of carbonyl (C=O) groups excluding carboxylic acids is 1. The molecule has 0 fully saturated rings. The highest BCUT2D eigenvalue weighted by Crippen LogP contribution is 2.37. The van der Waals surface area contributed by atoms with Crippen molar-refractivity contribution in [3.8, 4) is 5.75 Å². The van der Waals surface area contributed by atoms with Crippen molar-refractivity contribution in [2.24, 2.45) is 0 Å². The monoisotopic (exact) mass is 296 g/mol. The average molecular weight is 296 g/mol. The van der Waals surface area contributed by atoms with E-state index in [2.05, 4.69) is 0 Å². The number of hydrogen-bond acceptors (Lipinski definition) is 3. The lowest BCUT2D eigenvalue weighted by atomic mass is 9.94. The molecular weight excluding hydrogens is 280 g/mol. The first kappa shape index (κ1) is 14.3. The fourth-order valence-electron chi connectivity index (χ4n) is 3.06. The fraction of sp³-hybridized carbons (Fsp3) is 0.222. The Morgan fingerprint density at radius 1 is 1.14 bits per heavy atom. The van der Waals surface area contributed by atoms with Gasteiger partial charge in [0.25, 0.3) is 0 Å². The third kappa shape index (κ3) is 2.26. The Morgan fingerprint density at radius 2 is 1.86 bits per heavy atom. The molecule has 0 radical (unpaired) electrons. The van der Waals surface area contributed by atoms with Crippen molar-refractivity contribution in [2.45, 2.75) is 25.7 Å². The van der Waals surface area contributed by atoms with E-state index in [1.807, 2.05) is 19.1 Å². The van der Waals surface area contributed by atoms with Crippen LogP contribution < -0.4 is 0 Å². The summed E-state index contributed by atoms with van der Waals surface area (Å²) in [4.78, 5) is 23.8. The first-order valence-electron chi connectivity index (χ1n) is 7.18. The number of carboxylic acid groups (broad SMARTS) is 1. The van der Waals surface area contributed by atoms with E-state index < -0.39 is 11.9 Å². The third-order valence-corrected chi connectivity index (χ3v) is 4.27. The molecule has 0 saturated heterocycles. The van der Waals surface area contributed by atoms with Crippen LogP contribution in [-0.4, -0.2) is 22.0 Å². The summed E-state index contributed by atoms with van der Waals surface area (Å²) >= 11 is 0. The number of hydrogen-bond donors (Lipinski definition) is 2. The molecule has 1 aliphatic rings. The molecule has 1 aliphatic carbocycles. The van der Waals surface area contributed by atoms with Gasteiger partial charge in [-0.05, 0) is 48.6 Å². The molecule has 2 N–H and O–H groups in total. The molecule has 4 nitrogen and oxygen atoms in total. The first-order chi connectivity index (χ1) is 10.5. The average Bonchev–Trinajstić information content (AvgIpc) is 2.89. The van der Waals surface area contributed by atoms with Gasteiger partial charge >= 0.3 is 5.97 Å². The number of aliphatic carboxylic acids is 1. The zero-order chi connectivity index (χ0) is 15.9. The molecule has 22 heavy (non-hydrogen) atoms. The van der Waals surface area contributed by atoms with Crippen LogP contribution >= 0.6 is 0 Å². The number of fused-ring (bicyclic) bond motifs is 1. The summed E-state index contributed by atoms with van der Waals surface area (Å²) in [6.45, 7) is 1.85. The maximum absolute atomic E-state index is 12.6. The Labute approximate surface area is 128 Å². The highest BCUT2D eigenvalue weighted by Gasteiger charge is 2.30. The SMILES string of the molecule is Cc1ccccc1C(=O)c1cc2c(cc1O)C(C(=O)O)CC2. The molecule has 4 heteroatoms. The fourth-order valence-corrected chi connectivity index (χ4v) is 3.06. The predicted octanol–water partition coefficient (Wildman–Crippen LogP) is 3.05. The van der Waals surface area contributed by atoms with Crippen molar-refractivity contribution in [3.05, 3.63) is 64.2 Å². The summed E-state index contributed by atoms with van der Waals surface area (Å²) in [5.74, 6) is -1.88. The minimum atomic E-state index is -0.892. The normalized spacial score (nSPS) is 16.3. The Hall–Kier alpha value is -2.62. The highest BCUT2D eigenvalue weighted by atomic mass is 16.4. The standard InChI is InChI=1S/C18H16O4/c1-10-4-2-3-5-12(10)17(20)15-8-11-6-7-13(18(21)22)14(11)9-16(15)19/h2-5,8-9,13,19H,6-7H2,1H3,(H,21,22). The van der Waals surface area contributed by atoms with Crippen LogP contribution in [0.3, 0.4) is 0 Å². The second-order valence-corrected chi connectivity index (χ2v) is 5.64. The van der Waals surface area contributed by atoms with Crippen LogP contribution in [0.2, 0.25) is 0 Å². The number of ketones is 1. The molecule has 0 saturated carbocycles. The Balaban J connectivity index is 2.05. The largest absolute Gasteiger partial charge is 0.507 e. The van der Waals surface area contributed by atoms with Crippen LogP contribution in [0.25, 0.3) is 0 Å². The smallest absolute Gasteiger partial charge is 0.310 e. The zero-order valence-electron chi connectivity index (χ0n) is 12.2. The Kier molecular flexibility index (Phi) is 3.45. The van der Waals surface area contributed by atoms with Crippen LogP contribution in [0.15, 0.2) is 36.4 Å². The molecular formula is C18H16O4. The van der Waals surface area contributed by atoms with Crippen LogP contribution in [0, 0.1) is 6.92 Å². The van der Waals surface area contributed by atoms with Crippen molar-refractivity contribution in [1.82, 2.24) is 0 Å². The summed E-state index contributed by atoms with van der Waals surface area (Å²) in [7, 11) is 0. The Bertz CT molecular complexity index is 777. The van der Waals surface area contributed by atoms with E-state index in [0.29, 0.717) is 24.0 Å². The second-order valence-electron chi connectivity index (χ2n) is 5.64. The summed E-state index contributed by atoms with van der Waals surface area (Å²) in [6.07, 6.45) is 1.12. The van der Waals surface area contributed by atoms with Gasteiger partial charge in [-0.25, -0.2) is 0 Å². The summed E-state index contributed by atoms with van der Waals surface area (Å²) < 4.78 is 0. The van der Waals surface area contributed by atoms with Gasteiger partial charge < -0.3 is 10.2 Å². The molecule has 1 atom stereocenters. The molecule has 0 spiro atoms. The molecule has 2 aromatic carbocycles. The maximum atomic E-state index is 12.6. The van der Waals surface area contributed by atoms with Crippen LogP contribution in [0.4, 0.5) is 0 Å². The van der Waals surface area contributed by atoms with Gasteiger partial charge in [0.2, 0.25) is 0 Å². The van der Waals surface area contributed by atoms with Crippen molar-refractivity contribution >= 4 is 11.8 Å². The van der Waals surface area contributed by atoms with E-state index in [4.69, 9.17) is 0 Å². The number of aromatic hydroxyl groups is 1. The van der Waals surface area contributed by atoms with Gasteiger partial charge in [0.15, 0.2) is 5.78 Å². The number of carbonyl (C=O) groups is 2. The number of phenols is 1. The molecule has 112 valence electrons. The predicted molar refractivity (Wildman–Crippen MR) is 81.4 cm³/mol. The second kappa shape index (κ2) is 5.30. The zero-order valence-corrected chi connectivity index (χ0v) is 12.2. The van der Waals surface area contributed by atoms with E-state index in [-0.39, 0.29) is 17.1 Å². The van der Waals surface area contributed by atoms with E-state index in [0.717, 1.165) is 11.1 Å².